The van der Waals surface area contributed by atoms with E-state index >= 15 is 0 Å². The fraction of sp³-hybridized carbons (Fsp3) is 0.538. The van der Waals surface area contributed by atoms with Crippen LogP contribution in [0.3, 0.4) is 0 Å². The van der Waals surface area contributed by atoms with Crippen LogP contribution in [-0.4, -0.2) is 17.5 Å². The van der Waals surface area contributed by atoms with Crippen molar-refractivity contribution in [1.82, 2.24) is 5.32 Å². The number of nitro groups is 1. The summed E-state index contributed by atoms with van der Waals surface area (Å²) >= 11 is 0. The number of hydrogen-bond donors (Lipinski definition) is 1. The molecule has 4 heteroatoms. The van der Waals surface area contributed by atoms with E-state index in [2.05, 4.69) is 19.2 Å². The van der Waals surface area contributed by atoms with E-state index in [-0.39, 0.29) is 10.6 Å². The number of para-hydroxylation sites is 1. The van der Waals surface area contributed by atoms with Crippen LogP contribution in [0.15, 0.2) is 24.3 Å². The Morgan fingerprint density at radius 1 is 1.35 bits per heavy atom. The first-order valence-electron chi connectivity index (χ1n) is 6.14. The van der Waals surface area contributed by atoms with Crippen LogP contribution in [0.1, 0.15) is 32.3 Å². The van der Waals surface area contributed by atoms with Gasteiger partial charge >= 0.3 is 0 Å². The molecule has 0 aromatic heterocycles. The van der Waals surface area contributed by atoms with Crippen LogP contribution in [0, 0.1) is 10.1 Å². The summed E-state index contributed by atoms with van der Waals surface area (Å²) in [6.07, 6.45) is 2.77. The molecule has 0 bridgehead atoms. The van der Waals surface area contributed by atoms with E-state index in [1.165, 1.54) is 0 Å². The molecule has 94 valence electrons. The zero-order valence-electron chi connectivity index (χ0n) is 10.5. The van der Waals surface area contributed by atoms with Crippen molar-refractivity contribution in [3.05, 3.63) is 39.9 Å². The Labute approximate surface area is 102 Å². The summed E-state index contributed by atoms with van der Waals surface area (Å²) in [4.78, 5) is 10.6. The Balaban J connectivity index is 2.75. The highest BCUT2D eigenvalue weighted by Crippen LogP contribution is 2.19. The molecule has 1 N–H and O–H groups in total. The van der Waals surface area contributed by atoms with Gasteiger partial charge in [0.2, 0.25) is 0 Å². The van der Waals surface area contributed by atoms with Crippen LogP contribution in [0.4, 0.5) is 5.69 Å². The first-order chi connectivity index (χ1) is 8.19. The molecule has 4 nitrogen and oxygen atoms in total. The average Bonchev–Trinajstić information content (AvgIpc) is 2.34. The Bertz CT molecular complexity index is 366. The maximum atomic E-state index is 10.9. The highest BCUT2D eigenvalue weighted by atomic mass is 16.6. The van der Waals surface area contributed by atoms with Crippen LogP contribution in [-0.2, 0) is 6.42 Å². The van der Waals surface area contributed by atoms with Gasteiger partial charge in [-0.3, -0.25) is 10.1 Å². The van der Waals surface area contributed by atoms with Crippen LogP contribution in [0.2, 0.25) is 0 Å². The SMILES string of the molecule is CCCNC(CC)Cc1ccccc1[N+](=O)[O-]. The minimum atomic E-state index is -0.304. The molecule has 0 spiro atoms. The Morgan fingerprint density at radius 2 is 2.06 bits per heavy atom. The molecule has 1 unspecified atom stereocenters. The molecule has 0 aliphatic heterocycles. The molecule has 0 saturated heterocycles. The third-order valence-electron chi connectivity index (χ3n) is 2.83. The van der Waals surface area contributed by atoms with Crippen LogP contribution in [0.25, 0.3) is 0 Å². The number of benzene rings is 1. The summed E-state index contributed by atoms with van der Waals surface area (Å²) in [5.41, 5.74) is 1.04. The number of nitrogens with one attached hydrogen (secondary N) is 1. The van der Waals surface area contributed by atoms with E-state index in [0.717, 1.165) is 24.9 Å². The molecule has 0 saturated carbocycles. The fourth-order valence-corrected chi connectivity index (χ4v) is 1.84. The maximum Gasteiger partial charge on any atom is 0.272 e. The van der Waals surface area contributed by atoms with Gasteiger partial charge in [0.25, 0.3) is 5.69 Å². The van der Waals surface area contributed by atoms with Gasteiger partial charge in [0.05, 0.1) is 4.92 Å². The van der Waals surface area contributed by atoms with E-state index in [4.69, 9.17) is 0 Å². The van der Waals surface area contributed by atoms with Crippen molar-refractivity contribution in [3.63, 3.8) is 0 Å². The molecular formula is C13H20N2O2. The third kappa shape index (κ3) is 4.15. The number of nitrogens with zero attached hydrogens (tertiary/aromatic N) is 1. The number of rotatable bonds is 7. The van der Waals surface area contributed by atoms with E-state index in [9.17, 15) is 10.1 Å². The summed E-state index contributed by atoms with van der Waals surface area (Å²) in [7, 11) is 0. The lowest BCUT2D eigenvalue weighted by Gasteiger charge is -2.16. The molecule has 0 fully saturated rings. The molecule has 0 amide bonds. The summed E-state index contributed by atoms with van der Waals surface area (Å²) in [5.74, 6) is 0. The molecule has 0 aliphatic rings. The zero-order chi connectivity index (χ0) is 12.7. The van der Waals surface area contributed by atoms with Gasteiger partial charge in [0.1, 0.15) is 0 Å². The van der Waals surface area contributed by atoms with E-state index in [1.54, 1.807) is 12.1 Å². The Morgan fingerprint density at radius 3 is 2.65 bits per heavy atom. The Kier molecular flexibility index (Phi) is 5.63. The second-order valence-corrected chi connectivity index (χ2v) is 4.15. The van der Waals surface area contributed by atoms with Gasteiger partial charge in [-0.25, -0.2) is 0 Å². The molecule has 0 aliphatic carbocycles. The largest absolute Gasteiger partial charge is 0.314 e. The van der Waals surface area contributed by atoms with Crippen molar-refractivity contribution in [2.75, 3.05) is 6.54 Å². The second kappa shape index (κ2) is 7.01. The van der Waals surface area contributed by atoms with Crippen molar-refractivity contribution < 1.29 is 4.92 Å². The first-order valence-corrected chi connectivity index (χ1v) is 6.14. The predicted octanol–water partition coefficient (Wildman–Crippen LogP) is 2.92. The standard InChI is InChI=1S/C13H20N2O2/c1-3-9-14-12(4-2)10-11-7-5-6-8-13(11)15(16)17/h5-8,12,14H,3-4,9-10H2,1-2H3. The molecule has 0 radical (unpaired) electrons. The van der Waals surface area contributed by atoms with Gasteiger partial charge in [-0.2, -0.15) is 0 Å². The Hall–Kier alpha value is -1.42. The van der Waals surface area contributed by atoms with Gasteiger partial charge in [-0.15, -0.1) is 0 Å². The summed E-state index contributed by atoms with van der Waals surface area (Å²) < 4.78 is 0. The van der Waals surface area contributed by atoms with Gasteiger partial charge in [0, 0.05) is 17.7 Å². The smallest absolute Gasteiger partial charge is 0.272 e. The molecular weight excluding hydrogens is 216 g/mol. The summed E-state index contributed by atoms with van der Waals surface area (Å²) in [6, 6.07) is 7.30. The number of hydrogen-bond acceptors (Lipinski definition) is 3. The van der Waals surface area contributed by atoms with Crippen molar-refractivity contribution >= 4 is 5.69 Å². The van der Waals surface area contributed by atoms with E-state index in [0.29, 0.717) is 12.5 Å². The van der Waals surface area contributed by atoms with Gasteiger partial charge < -0.3 is 5.32 Å². The second-order valence-electron chi connectivity index (χ2n) is 4.15. The van der Waals surface area contributed by atoms with E-state index < -0.39 is 0 Å². The van der Waals surface area contributed by atoms with Crippen molar-refractivity contribution in [3.8, 4) is 0 Å². The van der Waals surface area contributed by atoms with E-state index in [1.807, 2.05) is 12.1 Å². The fourth-order valence-electron chi connectivity index (χ4n) is 1.84. The minimum Gasteiger partial charge on any atom is -0.314 e. The van der Waals surface area contributed by atoms with Crippen LogP contribution in [0.5, 0.6) is 0 Å². The van der Waals surface area contributed by atoms with Crippen molar-refractivity contribution in [1.29, 1.82) is 0 Å². The van der Waals surface area contributed by atoms with Gasteiger partial charge in [0.15, 0.2) is 0 Å². The first kappa shape index (κ1) is 13.6. The quantitative estimate of drug-likeness (QED) is 0.585. The minimum absolute atomic E-state index is 0.226. The molecule has 0 heterocycles. The van der Waals surface area contributed by atoms with Gasteiger partial charge in [-0.05, 0) is 25.8 Å². The monoisotopic (exact) mass is 236 g/mol. The summed E-state index contributed by atoms with van der Waals surface area (Å²) in [5, 5.41) is 14.3. The highest BCUT2D eigenvalue weighted by molar-refractivity contribution is 5.40. The van der Waals surface area contributed by atoms with Crippen LogP contribution >= 0.6 is 0 Å². The normalized spacial score (nSPS) is 12.4. The highest BCUT2D eigenvalue weighted by Gasteiger charge is 2.15. The lowest BCUT2D eigenvalue weighted by Crippen LogP contribution is -2.31. The third-order valence-corrected chi connectivity index (χ3v) is 2.83. The molecule has 1 rings (SSSR count). The average molecular weight is 236 g/mol. The topological polar surface area (TPSA) is 55.2 Å². The lowest BCUT2D eigenvalue weighted by atomic mass is 10.0. The maximum absolute atomic E-state index is 10.9. The summed E-state index contributed by atoms with van der Waals surface area (Å²) in [6.45, 7) is 5.17. The molecule has 1 aromatic rings. The number of nitro benzene ring substituents is 1. The molecule has 1 atom stereocenters. The zero-order valence-corrected chi connectivity index (χ0v) is 10.5. The lowest BCUT2D eigenvalue weighted by molar-refractivity contribution is -0.385. The predicted molar refractivity (Wildman–Crippen MR) is 69.2 cm³/mol. The van der Waals surface area contributed by atoms with Crippen LogP contribution < -0.4 is 5.32 Å². The molecule has 1 aromatic carbocycles. The van der Waals surface area contributed by atoms with Crippen molar-refractivity contribution in [2.24, 2.45) is 0 Å². The molecule has 17 heavy (non-hydrogen) atoms. The van der Waals surface area contributed by atoms with Gasteiger partial charge in [-0.1, -0.05) is 32.0 Å². The van der Waals surface area contributed by atoms with Crippen molar-refractivity contribution in [2.45, 2.75) is 39.2 Å².